The lowest BCUT2D eigenvalue weighted by Crippen LogP contribution is -2.04. The molecule has 3 rings (SSSR count). The third kappa shape index (κ3) is 7.45. The summed E-state index contributed by atoms with van der Waals surface area (Å²) in [6.07, 6.45) is 26.2. The molecule has 2 heteroatoms. The van der Waals surface area contributed by atoms with Gasteiger partial charge in [-0.3, -0.25) is 0 Å². The summed E-state index contributed by atoms with van der Waals surface area (Å²) in [6, 6.07) is 12.2. The minimum Gasteiger partial charge on any atom is -0.489 e. The maximum atomic E-state index is 6.49. The Hall–Kier alpha value is -3.10. The smallest absolute Gasteiger partial charge is 0.169 e. The van der Waals surface area contributed by atoms with Crippen LogP contribution in [0, 0.1) is 24.7 Å². The second kappa shape index (κ2) is 15.1. The van der Waals surface area contributed by atoms with Crippen molar-refractivity contribution in [2.45, 2.75) is 90.9 Å². The minimum atomic E-state index is 0.680. The second-order valence-electron chi connectivity index (χ2n) is 9.70. The molecule has 0 aliphatic heterocycles. The SMILES string of the molecule is C#Cc1ccc2c(OCCCCCCCC)c(OCCCCCCCC)c3ccc(C#C)cc3c2c1. The fourth-order valence-corrected chi connectivity index (χ4v) is 4.75. The zero-order chi connectivity index (χ0) is 25.6. The number of hydrogen-bond acceptors (Lipinski definition) is 2. The summed E-state index contributed by atoms with van der Waals surface area (Å²) in [6.45, 7) is 5.86. The maximum Gasteiger partial charge on any atom is 0.169 e. The first-order valence-corrected chi connectivity index (χ1v) is 14.0. The number of hydrogen-bond donors (Lipinski definition) is 0. The van der Waals surface area contributed by atoms with Gasteiger partial charge in [-0.25, -0.2) is 0 Å². The molecular weight excluding hydrogens is 440 g/mol. The Morgan fingerprint density at radius 3 is 1.31 bits per heavy atom. The summed E-state index contributed by atoms with van der Waals surface area (Å²) in [5, 5.41) is 4.17. The van der Waals surface area contributed by atoms with E-state index in [0.717, 1.165) is 57.0 Å². The lowest BCUT2D eigenvalue weighted by molar-refractivity contribution is 0.263. The molecule has 3 aromatic rings. The highest BCUT2D eigenvalue weighted by Crippen LogP contribution is 2.44. The number of ether oxygens (including phenoxy) is 2. The molecule has 0 saturated carbocycles. The molecule has 0 fully saturated rings. The van der Waals surface area contributed by atoms with Crippen LogP contribution >= 0.6 is 0 Å². The minimum absolute atomic E-state index is 0.680. The van der Waals surface area contributed by atoms with Crippen LogP contribution in [-0.2, 0) is 0 Å². The Morgan fingerprint density at radius 2 is 0.917 bits per heavy atom. The number of fused-ring (bicyclic) bond motifs is 3. The van der Waals surface area contributed by atoms with Gasteiger partial charge in [0.15, 0.2) is 11.5 Å². The van der Waals surface area contributed by atoms with E-state index in [0.29, 0.717) is 13.2 Å². The third-order valence-electron chi connectivity index (χ3n) is 6.85. The molecule has 36 heavy (non-hydrogen) atoms. The van der Waals surface area contributed by atoms with Crippen LogP contribution in [0.15, 0.2) is 36.4 Å². The highest BCUT2D eigenvalue weighted by molar-refractivity contribution is 6.14. The zero-order valence-electron chi connectivity index (χ0n) is 22.3. The number of benzene rings is 3. The molecule has 190 valence electrons. The predicted molar refractivity (Wildman–Crippen MR) is 155 cm³/mol. The summed E-state index contributed by atoms with van der Waals surface area (Å²) < 4.78 is 13.0. The molecule has 0 N–H and O–H groups in total. The van der Waals surface area contributed by atoms with Gasteiger partial charge < -0.3 is 9.47 Å². The van der Waals surface area contributed by atoms with Crippen molar-refractivity contribution in [3.8, 4) is 36.2 Å². The van der Waals surface area contributed by atoms with E-state index in [1.807, 2.05) is 12.1 Å². The van der Waals surface area contributed by atoms with Crippen molar-refractivity contribution >= 4 is 21.5 Å². The lowest BCUT2D eigenvalue weighted by atomic mass is 9.96. The largest absolute Gasteiger partial charge is 0.489 e. The van der Waals surface area contributed by atoms with Crippen LogP contribution in [0.2, 0.25) is 0 Å². The molecule has 0 saturated heterocycles. The second-order valence-corrected chi connectivity index (χ2v) is 9.70. The highest BCUT2D eigenvalue weighted by atomic mass is 16.5. The molecule has 3 aromatic carbocycles. The van der Waals surface area contributed by atoms with E-state index in [9.17, 15) is 0 Å². The van der Waals surface area contributed by atoms with Crippen LogP contribution in [0.1, 0.15) is 102 Å². The zero-order valence-corrected chi connectivity index (χ0v) is 22.3. The van der Waals surface area contributed by atoms with Crippen LogP contribution in [0.25, 0.3) is 21.5 Å². The van der Waals surface area contributed by atoms with Crippen LogP contribution < -0.4 is 9.47 Å². The Bertz CT molecular complexity index is 1100. The summed E-state index contributed by atoms with van der Waals surface area (Å²) >= 11 is 0. The van der Waals surface area contributed by atoms with E-state index in [2.05, 4.69) is 50.0 Å². The standard InChI is InChI=1S/C34H42O2/c1-5-9-11-13-15-17-23-35-33-29-21-19-27(7-3)25-31(29)32-26-28(8-4)20-22-30(32)34(33)36-24-18-16-14-12-10-6-2/h3-4,19-22,25-26H,5-6,9-18,23-24H2,1-2H3. The predicted octanol–water partition coefficient (Wildman–Crippen LogP) is 9.43. The maximum absolute atomic E-state index is 6.49. The fraction of sp³-hybridized carbons (Fsp3) is 0.471. The molecule has 0 aromatic heterocycles. The molecular formula is C34H42O2. The van der Waals surface area contributed by atoms with Gasteiger partial charge in [0.2, 0.25) is 0 Å². The molecule has 0 spiro atoms. The van der Waals surface area contributed by atoms with E-state index in [1.54, 1.807) is 0 Å². The summed E-state index contributed by atoms with van der Waals surface area (Å²) in [5.74, 6) is 7.20. The van der Waals surface area contributed by atoms with Gasteiger partial charge in [0, 0.05) is 21.9 Å². The molecule has 0 bridgehead atoms. The average molecular weight is 483 g/mol. The monoisotopic (exact) mass is 482 g/mol. The van der Waals surface area contributed by atoms with Crippen molar-refractivity contribution < 1.29 is 9.47 Å². The van der Waals surface area contributed by atoms with Crippen LogP contribution in [0.4, 0.5) is 0 Å². The Labute approximate surface area is 218 Å². The lowest BCUT2D eigenvalue weighted by Gasteiger charge is -2.19. The van der Waals surface area contributed by atoms with Crippen molar-refractivity contribution in [1.82, 2.24) is 0 Å². The third-order valence-corrected chi connectivity index (χ3v) is 6.85. The van der Waals surface area contributed by atoms with E-state index in [1.165, 1.54) is 64.2 Å². The first-order chi connectivity index (χ1) is 17.7. The van der Waals surface area contributed by atoms with Crippen molar-refractivity contribution in [3.63, 3.8) is 0 Å². The van der Waals surface area contributed by atoms with E-state index in [-0.39, 0.29) is 0 Å². The fourth-order valence-electron chi connectivity index (χ4n) is 4.75. The van der Waals surface area contributed by atoms with Gasteiger partial charge >= 0.3 is 0 Å². The molecule has 2 nitrogen and oxygen atoms in total. The molecule has 0 aliphatic carbocycles. The normalized spacial score (nSPS) is 10.9. The molecule has 0 atom stereocenters. The first kappa shape index (κ1) is 27.5. The summed E-state index contributed by atoms with van der Waals surface area (Å²) in [5.41, 5.74) is 1.69. The van der Waals surface area contributed by atoms with E-state index >= 15 is 0 Å². The van der Waals surface area contributed by atoms with Gasteiger partial charge in [-0.1, -0.05) is 89.9 Å². The van der Waals surface area contributed by atoms with Crippen LogP contribution in [0.3, 0.4) is 0 Å². The Kier molecular flexibility index (Phi) is 11.5. The quantitative estimate of drug-likeness (QED) is 0.115. The van der Waals surface area contributed by atoms with E-state index < -0.39 is 0 Å². The Morgan fingerprint density at radius 1 is 0.528 bits per heavy atom. The molecule has 0 amide bonds. The number of unbranched alkanes of at least 4 members (excludes halogenated alkanes) is 10. The van der Waals surface area contributed by atoms with Crippen molar-refractivity contribution in [3.05, 3.63) is 47.5 Å². The van der Waals surface area contributed by atoms with Gasteiger partial charge in [0.05, 0.1) is 13.2 Å². The van der Waals surface area contributed by atoms with E-state index in [4.69, 9.17) is 22.3 Å². The summed E-state index contributed by atoms with van der Waals surface area (Å²) in [7, 11) is 0. The van der Waals surface area contributed by atoms with Gasteiger partial charge in [0.1, 0.15) is 0 Å². The van der Waals surface area contributed by atoms with Crippen molar-refractivity contribution in [2.24, 2.45) is 0 Å². The molecule has 0 radical (unpaired) electrons. The van der Waals surface area contributed by atoms with Gasteiger partial charge in [-0.15, -0.1) is 12.8 Å². The Balaban J connectivity index is 1.92. The molecule has 0 heterocycles. The first-order valence-electron chi connectivity index (χ1n) is 14.0. The molecule has 0 unspecified atom stereocenters. The average Bonchev–Trinajstić information content (AvgIpc) is 2.92. The number of terminal acetylenes is 2. The topological polar surface area (TPSA) is 18.5 Å². The van der Waals surface area contributed by atoms with Gasteiger partial charge in [-0.2, -0.15) is 0 Å². The van der Waals surface area contributed by atoms with Crippen LogP contribution in [0.5, 0.6) is 11.5 Å². The number of rotatable bonds is 16. The summed E-state index contributed by atoms with van der Waals surface area (Å²) in [4.78, 5) is 0. The van der Waals surface area contributed by atoms with Crippen LogP contribution in [-0.4, -0.2) is 13.2 Å². The van der Waals surface area contributed by atoms with Gasteiger partial charge in [-0.05, 0) is 60.0 Å². The van der Waals surface area contributed by atoms with Crippen molar-refractivity contribution in [2.75, 3.05) is 13.2 Å². The van der Waals surface area contributed by atoms with Gasteiger partial charge in [0.25, 0.3) is 0 Å². The van der Waals surface area contributed by atoms with Crippen molar-refractivity contribution in [1.29, 1.82) is 0 Å². The highest BCUT2D eigenvalue weighted by Gasteiger charge is 2.18. The molecule has 0 aliphatic rings.